The standard InChI is InChI=1S/C17H23NO5/c1-21-12-17(20)7-14-10-22-11-15(8-17)18(14)16(19)23-9-13-5-3-2-4-6-13/h2-6,14-15,20H,7-12H2,1H3. The maximum Gasteiger partial charge on any atom is 0.410 e. The Morgan fingerprint density at radius 3 is 2.57 bits per heavy atom. The SMILES string of the molecule is COCC1(O)CC2COCC(C1)N2C(=O)OCc1ccccc1. The third kappa shape index (κ3) is 3.65. The van der Waals surface area contributed by atoms with Crippen LogP contribution in [-0.4, -0.2) is 60.7 Å². The fourth-order valence-electron chi connectivity index (χ4n) is 3.55. The third-order valence-electron chi connectivity index (χ3n) is 4.47. The molecule has 1 amide bonds. The zero-order valence-electron chi connectivity index (χ0n) is 13.3. The van der Waals surface area contributed by atoms with Gasteiger partial charge in [-0.15, -0.1) is 0 Å². The highest BCUT2D eigenvalue weighted by molar-refractivity contribution is 5.69. The van der Waals surface area contributed by atoms with E-state index in [-0.39, 0.29) is 31.4 Å². The van der Waals surface area contributed by atoms with E-state index >= 15 is 0 Å². The second-order valence-electron chi connectivity index (χ2n) is 6.36. The summed E-state index contributed by atoms with van der Waals surface area (Å²) in [6.45, 7) is 1.36. The van der Waals surface area contributed by atoms with Crippen molar-refractivity contribution in [3.05, 3.63) is 35.9 Å². The number of morpholine rings is 1. The molecule has 1 aromatic rings. The van der Waals surface area contributed by atoms with Gasteiger partial charge in [0.1, 0.15) is 6.61 Å². The highest BCUT2D eigenvalue weighted by atomic mass is 16.6. The van der Waals surface area contributed by atoms with Gasteiger partial charge in [-0.05, 0) is 5.56 Å². The lowest BCUT2D eigenvalue weighted by Crippen LogP contribution is -2.64. The molecule has 2 heterocycles. The molecule has 2 aliphatic heterocycles. The molecule has 0 aliphatic carbocycles. The average Bonchev–Trinajstić information content (AvgIpc) is 2.53. The molecule has 0 aromatic heterocycles. The highest BCUT2D eigenvalue weighted by Crippen LogP contribution is 2.35. The lowest BCUT2D eigenvalue weighted by Gasteiger charge is -2.50. The Kier molecular flexibility index (Phi) is 4.84. The van der Waals surface area contributed by atoms with Crippen molar-refractivity contribution in [1.82, 2.24) is 4.90 Å². The lowest BCUT2D eigenvalue weighted by atomic mass is 9.82. The van der Waals surface area contributed by atoms with Gasteiger partial charge in [-0.1, -0.05) is 30.3 Å². The highest BCUT2D eigenvalue weighted by Gasteiger charge is 2.48. The summed E-state index contributed by atoms with van der Waals surface area (Å²) in [5, 5.41) is 10.6. The Bertz CT molecular complexity index is 521. The minimum atomic E-state index is -0.899. The summed E-state index contributed by atoms with van der Waals surface area (Å²) < 4.78 is 16.1. The van der Waals surface area contributed by atoms with E-state index in [1.807, 2.05) is 30.3 Å². The van der Waals surface area contributed by atoms with Crippen LogP contribution in [-0.2, 0) is 20.8 Å². The molecule has 2 aliphatic rings. The molecular formula is C17H23NO5. The second-order valence-corrected chi connectivity index (χ2v) is 6.36. The van der Waals surface area contributed by atoms with Crippen LogP contribution in [0.1, 0.15) is 18.4 Å². The van der Waals surface area contributed by atoms with Gasteiger partial charge in [0, 0.05) is 20.0 Å². The van der Waals surface area contributed by atoms with Crippen molar-refractivity contribution in [3.63, 3.8) is 0 Å². The monoisotopic (exact) mass is 321 g/mol. The van der Waals surface area contributed by atoms with E-state index < -0.39 is 5.60 Å². The summed E-state index contributed by atoms with van der Waals surface area (Å²) in [7, 11) is 1.57. The van der Waals surface area contributed by atoms with Gasteiger partial charge in [-0.2, -0.15) is 0 Å². The van der Waals surface area contributed by atoms with Crippen molar-refractivity contribution in [2.24, 2.45) is 0 Å². The minimum absolute atomic E-state index is 0.175. The van der Waals surface area contributed by atoms with Gasteiger partial charge in [0.25, 0.3) is 0 Å². The molecule has 1 N–H and O–H groups in total. The summed E-state index contributed by atoms with van der Waals surface area (Å²) in [6, 6.07) is 9.25. The van der Waals surface area contributed by atoms with Crippen LogP contribution in [0.15, 0.2) is 30.3 Å². The van der Waals surface area contributed by atoms with Crippen molar-refractivity contribution in [2.45, 2.75) is 37.1 Å². The van der Waals surface area contributed by atoms with Crippen molar-refractivity contribution in [2.75, 3.05) is 26.9 Å². The number of fused-ring (bicyclic) bond motifs is 2. The zero-order chi connectivity index (χ0) is 16.3. The molecule has 2 saturated heterocycles. The Hall–Kier alpha value is -1.63. The van der Waals surface area contributed by atoms with Crippen LogP contribution in [0.4, 0.5) is 4.79 Å². The first-order chi connectivity index (χ1) is 11.1. The maximum absolute atomic E-state index is 12.5. The summed E-state index contributed by atoms with van der Waals surface area (Å²) in [5.41, 5.74) is 0.0551. The minimum Gasteiger partial charge on any atom is -0.445 e. The predicted molar refractivity (Wildman–Crippen MR) is 82.9 cm³/mol. The van der Waals surface area contributed by atoms with Crippen molar-refractivity contribution >= 4 is 6.09 Å². The summed E-state index contributed by atoms with van der Waals surface area (Å²) in [4.78, 5) is 14.2. The number of benzene rings is 1. The second kappa shape index (κ2) is 6.86. The molecule has 2 fully saturated rings. The number of ether oxygens (including phenoxy) is 3. The first-order valence-electron chi connectivity index (χ1n) is 7.89. The normalized spacial score (nSPS) is 30.1. The number of rotatable bonds is 4. The van der Waals surface area contributed by atoms with Crippen LogP contribution in [0.5, 0.6) is 0 Å². The molecular weight excluding hydrogens is 298 g/mol. The van der Waals surface area contributed by atoms with Crippen LogP contribution in [0, 0.1) is 0 Å². The molecule has 6 heteroatoms. The molecule has 2 unspecified atom stereocenters. The van der Waals surface area contributed by atoms with Gasteiger partial charge in [0.05, 0.1) is 37.5 Å². The number of hydrogen-bond acceptors (Lipinski definition) is 5. The summed E-state index contributed by atoms with van der Waals surface area (Å²) in [6.07, 6.45) is 0.543. The number of carbonyl (C=O) groups excluding carboxylic acids is 1. The predicted octanol–water partition coefficient (Wildman–Crippen LogP) is 1.56. The van der Waals surface area contributed by atoms with Gasteiger partial charge in [-0.3, -0.25) is 4.90 Å². The van der Waals surface area contributed by atoms with E-state index in [0.29, 0.717) is 26.1 Å². The Morgan fingerprint density at radius 2 is 1.96 bits per heavy atom. The Morgan fingerprint density at radius 1 is 1.30 bits per heavy atom. The largest absolute Gasteiger partial charge is 0.445 e. The van der Waals surface area contributed by atoms with Crippen molar-refractivity contribution in [1.29, 1.82) is 0 Å². The van der Waals surface area contributed by atoms with E-state index in [1.54, 1.807) is 12.0 Å². The van der Waals surface area contributed by atoms with Crippen LogP contribution in [0.3, 0.4) is 0 Å². The molecule has 23 heavy (non-hydrogen) atoms. The first-order valence-corrected chi connectivity index (χ1v) is 7.89. The number of aliphatic hydroxyl groups is 1. The summed E-state index contributed by atoms with van der Waals surface area (Å²) in [5.74, 6) is 0. The Labute approximate surface area is 135 Å². The molecule has 2 bridgehead atoms. The number of amides is 1. The fraction of sp³-hybridized carbons (Fsp3) is 0.588. The van der Waals surface area contributed by atoms with Crippen LogP contribution in [0.25, 0.3) is 0 Å². The first kappa shape index (κ1) is 16.2. The molecule has 1 aromatic carbocycles. The van der Waals surface area contributed by atoms with Gasteiger partial charge >= 0.3 is 6.09 Å². The summed E-state index contributed by atoms with van der Waals surface area (Å²) >= 11 is 0. The number of methoxy groups -OCH3 is 1. The molecule has 0 radical (unpaired) electrons. The van der Waals surface area contributed by atoms with Crippen LogP contribution in [0.2, 0.25) is 0 Å². The van der Waals surface area contributed by atoms with Gasteiger partial charge in [0.2, 0.25) is 0 Å². The third-order valence-corrected chi connectivity index (χ3v) is 4.47. The Balaban J connectivity index is 1.64. The number of nitrogens with zero attached hydrogens (tertiary/aromatic N) is 1. The number of hydrogen-bond donors (Lipinski definition) is 1. The van der Waals surface area contributed by atoms with Crippen molar-refractivity contribution in [3.8, 4) is 0 Å². The number of piperidine rings is 1. The average molecular weight is 321 g/mol. The molecule has 3 rings (SSSR count). The van der Waals surface area contributed by atoms with E-state index in [1.165, 1.54) is 0 Å². The van der Waals surface area contributed by atoms with E-state index in [0.717, 1.165) is 5.56 Å². The quantitative estimate of drug-likeness (QED) is 0.911. The van der Waals surface area contributed by atoms with Gasteiger partial charge in [-0.25, -0.2) is 4.79 Å². The van der Waals surface area contributed by atoms with Crippen LogP contribution < -0.4 is 0 Å². The smallest absolute Gasteiger partial charge is 0.410 e. The lowest BCUT2D eigenvalue weighted by molar-refractivity contribution is -0.150. The van der Waals surface area contributed by atoms with E-state index in [2.05, 4.69) is 0 Å². The molecule has 0 spiro atoms. The zero-order valence-corrected chi connectivity index (χ0v) is 13.3. The van der Waals surface area contributed by atoms with Crippen molar-refractivity contribution < 1.29 is 24.1 Å². The molecule has 2 atom stereocenters. The van der Waals surface area contributed by atoms with E-state index in [9.17, 15) is 9.90 Å². The topological polar surface area (TPSA) is 68.2 Å². The molecule has 0 saturated carbocycles. The maximum atomic E-state index is 12.5. The molecule has 6 nitrogen and oxygen atoms in total. The number of carbonyl (C=O) groups is 1. The van der Waals surface area contributed by atoms with E-state index in [4.69, 9.17) is 14.2 Å². The van der Waals surface area contributed by atoms with Gasteiger partial charge < -0.3 is 19.3 Å². The van der Waals surface area contributed by atoms with Crippen LogP contribution >= 0.6 is 0 Å². The fourth-order valence-corrected chi connectivity index (χ4v) is 3.55. The van der Waals surface area contributed by atoms with Gasteiger partial charge in [0.15, 0.2) is 0 Å². The molecule has 126 valence electrons.